The van der Waals surface area contributed by atoms with E-state index in [9.17, 15) is 10.4 Å². The lowest BCUT2D eigenvalue weighted by molar-refractivity contribution is 0.0856. The number of rotatable bonds is 3. The van der Waals surface area contributed by atoms with E-state index in [0.29, 0.717) is 11.4 Å². The van der Waals surface area contributed by atoms with Crippen LogP contribution in [-0.2, 0) is 12.8 Å². The number of fused-ring (bicyclic) bond motifs is 1. The Kier molecular flexibility index (Phi) is 3.95. The van der Waals surface area contributed by atoms with Crippen molar-refractivity contribution >= 4 is 5.82 Å². The second-order valence-electron chi connectivity index (χ2n) is 6.67. The van der Waals surface area contributed by atoms with Crippen molar-refractivity contribution in [3.05, 3.63) is 41.1 Å². The number of H-pyrrole nitrogens is 1. The van der Waals surface area contributed by atoms with Gasteiger partial charge in [-0.25, -0.2) is 9.97 Å². The quantitative estimate of drug-likeness (QED) is 0.903. The average Bonchev–Trinajstić information content (AvgIpc) is 3.31. The lowest BCUT2D eigenvalue weighted by Gasteiger charge is -2.35. The summed E-state index contributed by atoms with van der Waals surface area (Å²) in [6.07, 6.45) is 7.77. The fourth-order valence-electron chi connectivity index (χ4n) is 3.87. The van der Waals surface area contributed by atoms with E-state index in [0.717, 1.165) is 56.7 Å². The molecule has 124 valence electrons. The van der Waals surface area contributed by atoms with Gasteiger partial charge in [-0.05, 0) is 49.7 Å². The molecule has 2 N–H and O–H groups in total. The molecule has 3 heterocycles. The van der Waals surface area contributed by atoms with E-state index in [1.807, 2.05) is 6.07 Å². The van der Waals surface area contributed by atoms with Crippen molar-refractivity contribution in [3.8, 4) is 6.07 Å². The standard InChI is InChI=1S/C18H21N5O/c19-11-14-10-13-2-1-3-15(13)22-18(14)23-8-4-12(5-9-23)16(24)17-20-6-7-21-17/h6-7,10,12,16,24H,1-5,8-9H2,(H,20,21). The Morgan fingerprint density at radius 2 is 2.17 bits per heavy atom. The second kappa shape index (κ2) is 6.25. The van der Waals surface area contributed by atoms with Crippen LogP contribution in [0.4, 0.5) is 5.82 Å². The van der Waals surface area contributed by atoms with Crippen LogP contribution < -0.4 is 4.90 Å². The van der Waals surface area contributed by atoms with E-state index in [-0.39, 0.29) is 5.92 Å². The van der Waals surface area contributed by atoms with Gasteiger partial charge < -0.3 is 15.0 Å². The van der Waals surface area contributed by atoms with Crippen LogP contribution in [-0.4, -0.2) is 33.1 Å². The highest BCUT2D eigenvalue weighted by Gasteiger charge is 2.29. The van der Waals surface area contributed by atoms with Crippen LogP contribution >= 0.6 is 0 Å². The van der Waals surface area contributed by atoms with E-state index in [2.05, 4.69) is 20.9 Å². The number of imidazole rings is 1. The van der Waals surface area contributed by atoms with E-state index < -0.39 is 6.10 Å². The van der Waals surface area contributed by atoms with Crippen LogP contribution in [0.25, 0.3) is 0 Å². The van der Waals surface area contributed by atoms with Crippen molar-refractivity contribution in [3.63, 3.8) is 0 Å². The predicted octanol–water partition coefficient (Wildman–Crippen LogP) is 2.12. The van der Waals surface area contributed by atoms with Crippen LogP contribution in [0.15, 0.2) is 18.5 Å². The lowest BCUT2D eigenvalue weighted by Crippen LogP contribution is -2.37. The van der Waals surface area contributed by atoms with E-state index in [1.165, 1.54) is 5.56 Å². The van der Waals surface area contributed by atoms with Crippen molar-refractivity contribution in [1.29, 1.82) is 5.26 Å². The largest absolute Gasteiger partial charge is 0.385 e. The first-order valence-electron chi connectivity index (χ1n) is 8.61. The smallest absolute Gasteiger partial charge is 0.146 e. The Morgan fingerprint density at radius 1 is 1.33 bits per heavy atom. The second-order valence-corrected chi connectivity index (χ2v) is 6.67. The number of anilines is 1. The van der Waals surface area contributed by atoms with Crippen LogP contribution in [0.5, 0.6) is 0 Å². The van der Waals surface area contributed by atoms with Gasteiger partial charge in [0.1, 0.15) is 23.8 Å². The molecule has 1 saturated heterocycles. The summed E-state index contributed by atoms with van der Waals surface area (Å²) in [7, 11) is 0. The summed E-state index contributed by atoms with van der Waals surface area (Å²) < 4.78 is 0. The summed E-state index contributed by atoms with van der Waals surface area (Å²) in [6.45, 7) is 1.62. The van der Waals surface area contributed by atoms with Crippen molar-refractivity contribution < 1.29 is 5.11 Å². The molecule has 2 aromatic rings. The molecule has 1 unspecified atom stereocenters. The molecule has 0 aromatic carbocycles. The van der Waals surface area contributed by atoms with Crippen LogP contribution in [0.2, 0.25) is 0 Å². The fraction of sp³-hybridized carbons (Fsp3) is 0.500. The maximum atomic E-state index is 10.4. The Labute approximate surface area is 141 Å². The first kappa shape index (κ1) is 15.2. The van der Waals surface area contributed by atoms with Gasteiger partial charge in [0.2, 0.25) is 0 Å². The highest BCUT2D eigenvalue weighted by molar-refractivity contribution is 5.57. The summed E-state index contributed by atoms with van der Waals surface area (Å²) >= 11 is 0. The zero-order valence-electron chi connectivity index (χ0n) is 13.6. The molecule has 4 rings (SSSR count). The van der Waals surface area contributed by atoms with Gasteiger partial charge in [-0.3, -0.25) is 0 Å². The molecule has 1 aliphatic heterocycles. The van der Waals surface area contributed by atoms with Gasteiger partial charge in [0.05, 0.1) is 5.56 Å². The molecular formula is C18H21N5O. The maximum Gasteiger partial charge on any atom is 0.146 e. The summed E-state index contributed by atoms with van der Waals surface area (Å²) in [5.74, 6) is 1.65. The Hall–Kier alpha value is -2.39. The SMILES string of the molecule is N#Cc1cc2c(nc1N1CCC(C(O)c3ncc[nH]3)CC1)CCC2. The van der Waals surface area contributed by atoms with Gasteiger partial charge >= 0.3 is 0 Å². The van der Waals surface area contributed by atoms with E-state index in [1.54, 1.807) is 12.4 Å². The number of aromatic nitrogens is 3. The van der Waals surface area contributed by atoms with Crippen molar-refractivity contribution in [2.45, 2.75) is 38.2 Å². The lowest BCUT2D eigenvalue weighted by atomic mass is 9.90. The van der Waals surface area contributed by atoms with Gasteiger partial charge in [-0.15, -0.1) is 0 Å². The molecular weight excluding hydrogens is 302 g/mol. The summed E-state index contributed by atoms with van der Waals surface area (Å²) in [6, 6.07) is 4.33. The van der Waals surface area contributed by atoms with Gasteiger partial charge in [-0.2, -0.15) is 5.26 Å². The Balaban J connectivity index is 1.49. The minimum Gasteiger partial charge on any atom is -0.385 e. The zero-order valence-corrected chi connectivity index (χ0v) is 13.6. The number of hydrogen-bond acceptors (Lipinski definition) is 5. The number of hydrogen-bond donors (Lipinski definition) is 2. The molecule has 1 aliphatic carbocycles. The summed E-state index contributed by atoms with van der Waals surface area (Å²) in [4.78, 5) is 14.1. The zero-order chi connectivity index (χ0) is 16.5. The van der Waals surface area contributed by atoms with Gasteiger partial charge in [-0.1, -0.05) is 0 Å². The third-order valence-electron chi connectivity index (χ3n) is 5.24. The number of aliphatic hydroxyl groups is 1. The molecule has 1 fully saturated rings. The monoisotopic (exact) mass is 323 g/mol. The fourth-order valence-corrected chi connectivity index (χ4v) is 3.87. The normalized spacial score (nSPS) is 19.1. The van der Waals surface area contributed by atoms with Gasteiger partial charge in [0, 0.05) is 31.2 Å². The van der Waals surface area contributed by atoms with Gasteiger partial charge in [0.15, 0.2) is 0 Å². The third kappa shape index (κ3) is 2.65. The number of aryl methyl sites for hydroxylation is 2. The molecule has 2 aromatic heterocycles. The van der Waals surface area contributed by atoms with Crippen LogP contribution in [0.1, 0.15) is 48.0 Å². The number of nitrogens with zero attached hydrogens (tertiary/aromatic N) is 4. The highest BCUT2D eigenvalue weighted by Crippen LogP contribution is 2.33. The molecule has 0 radical (unpaired) electrons. The number of nitriles is 1. The predicted molar refractivity (Wildman–Crippen MR) is 89.5 cm³/mol. The molecule has 0 amide bonds. The first-order chi connectivity index (χ1) is 11.8. The van der Waals surface area contributed by atoms with Crippen LogP contribution in [0.3, 0.4) is 0 Å². The minimum absolute atomic E-state index is 0.187. The van der Waals surface area contributed by atoms with Crippen LogP contribution in [0, 0.1) is 17.2 Å². The van der Waals surface area contributed by atoms with Crippen molar-refractivity contribution in [1.82, 2.24) is 15.0 Å². The minimum atomic E-state index is -0.550. The van der Waals surface area contributed by atoms with E-state index >= 15 is 0 Å². The van der Waals surface area contributed by atoms with Gasteiger partial charge in [0.25, 0.3) is 0 Å². The number of piperidine rings is 1. The summed E-state index contributed by atoms with van der Waals surface area (Å²) in [5.41, 5.74) is 3.07. The first-order valence-corrected chi connectivity index (χ1v) is 8.61. The molecule has 2 aliphatic rings. The van der Waals surface area contributed by atoms with Crippen molar-refractivity contribution in [2.75, 3.05) is 18.0 Å². The molecule has 6 nitrogen and oxygen atoms in total. The summed E-state index contributed by atoms with van der Waals surface area (Å²) in [5, 5.41) is 19.9. The molecule has 0 saturated carbocycles. The number of aromatic amines is 1. The molecule has 0 bridgehead atoms. The average molecular weight is 323 g/mol. The molecule has 0 spiro atoms. The van der Waals surface area contributed by atoms with Crippen molar-refractivity contribution in [2.24, 2.45) is 5.92 Å². The Bertz CT molecular complexity index is 756. The number of pyridine rings is 1. The number of aliphatic hydroxyl groups excluding tert-OH is 1. The third-order valence-corrected chi connectivity index (χ3v) is 5.24. The number of nitrogens with one attached hydrogen (secondary N) is 1. The topological polar surface area (TPSA) is 88.8 Å². The molecule has 6 heteroatoms. The highest BCUT2D eigenvalue weighted by atomic mass is 16.3. The molecule has 24 heavy (non-hydrogen) atoms. The molecule has 1 atom stereocenters. The Morgan fingerprint density at radius 3 is 2.88 bits per heavy atom. The van der Waals surface area contributed by atoms with E-state index in [4.69, 9.17) is 4.98 Å². The maximum absolute atomic E-state index is 10.4.